The Balaban J connectivity index is 1.76. The minimum Gasteiger partial charge on any atom is -0.389 e. The third kappa shape index (κ3) is 2.15. The Morgan fingerprint density at radius 3 is 2.35 bits per heavy atom. The molecule has 2 saturated heterocycles. The molecule has 0 amide bonds. The maximum Gasteiger partial charge on any atom is 0.0708 e. The minimum absolute atomic E-state index is 0.335. The van der Waals surface area contributed by atoms with Gasteiger partial charge in [-0.05, 0) is 43.9 Å². The molecule has 1 saturated carbocycles. The number of piperidine rings is 1. The van der Waals surface area contributed by atoms with E-state index in [4.69, 9.17) is 0 Å². The van der Waals surface area contributed by atoms with Gasteiger partial charge in [-0.15, -0.1) is 0 Å². The summed E-state index contributed by atoms with van der Waals surface area (Å²) in [5, 5.41) is 14.8. The summed E-state index contributed by atoms with van der Waals surface area (Å²) in [6.07, 6.45) is 11.2. The van der Waals surface area contributed by atoms with Crippen molar-refractivity contribution >= 4 is 0 Å². The number of rotatable bonds is 2. The second-order valence-electron chi connectivity index (χ2n) is 6.71. The van der Waals surface area contributed by atoms with Crippen LogP contribution in [0.3, 0.4) is 0 Å². The predicted octanol–water partition coefficient (Wildman–Crippen LogP) is 2.85. The highest BCUT2D eigenvalue weighted by Crippen LogP contribution is 2.46. The van der Waals surface area contributed by atoms with Crippen molar-refractivity contribution < 1.29 is 5.11 Å². The Labute approximate surface area is 105 Å². The van der Waals surface area contributed by atoms with Gasteiger partial charge in [0, 0.05) is 12.1 Å². The summed E-state index contributed by atoms with van der Waals surface area (Å²) in [6, 6.07) is 1.22. The summed E-state index contributed by atoms with van der Waals surface area (Å²) in [7, 11) is 0. The molecule has 2 heteroatoms. The summed E-state index contributed by atoms with van der Waals surface area (Å²) in [5.41, 5.74) is -0.335. The van der Waals surface area contributed by atoms with Gasteiger partial charge in [0.15, 0.2) is 0 Å². The highest BCUT2D eigenvalue weighted by Gasteiger charge is 2.49. The molecule has 0 aromatic rings. The first-order valence-electron chi connectivity index (χ1n) is 7.69. The standard InChI is InChI=1S/C15H27NO/c1-2-11-5-3-4-6-14(11)15(17)9-12-7-8-13(10-15)16-12/h11-14,16-17H,2-10H2,1H3. The van der Waals surface area contributed by atoms with Crippen molar-refractivity contribution in [3.05, 3.63) is 0 Å². The van der Waals surface area contributed by atoms with Crippen LogP contribution in [0, 0.1) is 11.8 Å². The van der Waals surface area contributed by atoms with E-state index in [9.17, 15) is 5.11 Å². The van der Waals surface area contributed by atoms with Crippen LogP contribution in [0.5, 0.6) is 0 Å². The third-order valence-electron chi connectivity index (χ3n) is 5.66. The van der Waals surface area contributed by atoms with Gasteiger partial charge in [-0.1, -0.05) is 32.6 Å². The molecule has 4 unspecified atom stereocenters. The lowest BCUT2D eigenvalue weighted by atomic mass is 9.65. The number of nitrogens with one attached hydrogen (secondary N) is 1. The average Bonchev–Trinajstić information content (AvgIpc) is 2.69. The van der Waals surface area contributed by atoms with E-state index in [2.05, 4.69) is 12.2 Å². The highest BCUT2D eigenvalue weighted by atomic mass is 16.3. The fourth-order valence-electron chi connectivity index (χ4n) is 4.87. The molecule has 17 heavy (non-hydrogen) atoms. The molecular weight excluding hydrogens is 210 g/mol. The summed E-state index contributed by atoms with van der Waals surface area (Å²) >= 11 is 0. The van der Waals surface area contributed by atoms with Crippen molar-refractivity contribution in [2.24, 2.45) is 11.8 Å². The van der Waals surface area contributed by atoms with Crippen LogP contribution >= 0.6 is 0 Å². The molecule has 98 valence electrons. The molecule has 0 radical (unpaired) electrons. The minimum atomic E-state index is -0.335. The van der Waals surface area contributed by atoms with Crippen molar-refractivity contribution in [2.75, 3.05) is 0 Å². The molecule has 4 atom stereocenters. The summed E-state index contributed by atoms with van der Waals surface area (Å²) < 4.78 is 0. The Hall–Kier alpha value is -0.0800. The zero-order valence-electron chi connectivity index (χ0n) is 11.1. The van der Waals surface area contributed by atoms with E-state index in [-0.39, 0.29) is 5.60 Å². The van der Waals surface area contributed by atoms with Gasteiger partial charge in [0.25, 0.3) is 0 Å². The van der Waals surface area contributed by atoms with Crippen molar-refractivity contribution in [2.45, 2.75) is 82.4 Å². The van der Waals surface area contributed by atoms with Gasteiger partial charge in [-0.25, -0.2) is 0 Å². The lowest BCUT2D eigenvalue weighted by Gasteiger charge is -2.47. The first kappa shape index (κ1) is 12.0. The van der Waals surface area contributed by atoms with Crippen molar-refractivity contribution in [1.29, 1.82) is 0 Å². The predicted molar refractivity (Wildman–Crippen MR) is 69.9 cm³/mol. The number of hydrogen-bond donors (Lipinski definition) is 2. The van der Waals surface area contributed by atoms with Crippen LogP contribution in [-0.2, 0) is 0 Å². The van der Waals surface area contributed by atoms with E-state index >= 15 is 0 Å². The molecule has 0 spiro atoms. The SMILES string of the molecule is CCC1CCCCC1C1(O)CC2CCC(C1)N2. The van der Waals surface area contributed by atoms with Crippen LogP contribution < -0.4 is 5.32 Å². The molecule has 3 aliphatic rings. The smallest absolute Gasteiger partial charge is 0.0708 e. The normalized spacial score (nSPS) is 50.5. The Morgan fingerprint density at radius 1 is 1.06 bits per heavy atom. The molecule has 2 N–H and O–H groups in total. The van der Waals surface area contributed by atoms with Gasteiger partial charge >= 0.3 is 0 Å². The Morgan fingerprint density at radius 2 is 1.71 bits per heavy atom. The number of hydrogen-bond acceptors (Lipinski definition) is 2. The zero-order valence-corrected chi connectivity index (χ0v) is 11.1. The van der Waals surface area contributed by atoms with Gasteiger partial charge in [-0.3, -0.25) is 0 Å². The van der Waals surface area contributed by atoms with Crippen LogP contribution in [0.1, 0.15) is 64.7 Å². The quantitative estimate of drug-likeness (QED) is 0.774. The lowest BCUT2D eigenvalue weighted by molar-refractivity contribution is -0.0894. The molecule has 3 fully saturated rings. The van der Waals surface area contributed by atoms with E-state index < -0.39 is 0 Å². The van der Waals surface area contributed by atoms with Crippen LogP contribution in [0.4, 0.5) is 0 Å². The summed E-state index contributed by atoms with van der Waals surface area (Å²) in [4.78, 5) is 0. The first-order chi connectivity index (χ1) is 8.21. The van der Waals surface area contributed by atoms with Crippen molar-refractivity contribution in [1.82, 2.24) is 5.32 Å². The topological polar surface area (TPSA) is 32.3 Å². The molecule has 0 aromatic heterocycles. The molecular formula is C15H27NO. The monoisotopic (exact) mass is 237 g/mol. The van der Waals surface area contributed by atoms with Crippen LogP contribution in [0.25, 0.3) is 0 Å². The van der Waals surface area contributed by atoms with Gasteiger partial charge in [0.1, 0.15) is 0 Å². The molecule has 1 aliphatic carbocycles. The van der Waals surface area contributed by atoms with Gasteiger partial charge in [0.2, 0.25) is 0 Å². The van der Waals surface area contributed by atoms with E-state index in [1.807, 2.05) is 0 Å². The summed E-state index contributed by atoms with van der Waals surface area (Å²) in [5.74, 6) is 1.37. The van der Waals surface area contributed by atoms with Crippen LogP contribution in [-0.4, -0.2) is 22.8 Å². The fraction of sp³-hybridized carbons (Fsp3) is 1.00. The van der Waals surface area contributed by atoms with Crippen LogP contribution in [0.2, 0.25) is 0 Å². The lowest BCUT2D eigenvalue weighted by Crippen LogP contribution is -2.54. The van der Waals surface area contributed by atoms with E-state index in [0.29, 0.717) is 18.0 Å². The van der Waals surface area contributed by atoms with E-state index in [1.165, 1.54) is 44.9 Å². The average molecular weight is 237 g/mol. The maximum absolute atomic E-state index is 11.1. The first-order valence-corrected chi connectivity index (χ1v) is 7.69. The van der Waals surface area contributed by atoms with E-state index in [1.54, 1.807) is 0 Å². The van der Waals surface area contributed by atoms with Gasteiger partial charge in [-0.2, -0.15) is 0 Å². The number of fused-ring (bicyclic) bond motifs is 2. The van der Waals surface area contributed by atoms with E-state index in [0.717, 1.165) is 18.8 Å². The molecule has 2 heterocycles. The zero-order chi connectivity index (χ0) is 11.9. The second-order valence-corrected chi connectivity index (χ2v) is 6.71. The number of aliphatic hydroxyl groups is 1. The Bertz CT molecular complexity index is 266. The molecule has 2 bridgehead atoms. The van der Waals surface area contributed by atoms with Crippen molar-refractivity contribution in [3.63, 3.8) is 0 Å². The Kier molecular flexibility index (Phi) is 3.20. The molecule has 2 aliphatic heterocycles. The van der Waals surface area contributed by atoms with Crippen molar-refractivity contribution in [3.8, 4) is 0 Å². The summed E-state index contributed by atoms with van der Waals surface area (Å²) in [6.45, 7) is 2.31. The second kappa shape index (κ2) is 4.55. The fourth-order valence-corrected chi connectivity index (χ4v) is 4.87. The van der Waals surface area contributed by atoms with Gasteiger partial charge < -0.3 is 10.4 Å². The van der Waals surface area contributed by atoms with Crippen LogP contribution in [0.15, 0.2) is 0 Å². The largest absolute Gasteiger partial charge is 0.389 e. The molecule has 3 rings (SSSR count). The molecule has 0 aromatic carbocycles. The maximum atomic E-state index is 11.1. The van der Waals surface area contributed by atoms with Gasteiger partial charge in [0.05, 0.1) is 5.60 Å². The third-order valence-corrected chi connectivity index (χ3v) is 5.66. The highest BCUT2D eigenvalue weighted by molar-refractivity contribution is 5.04. The molecule has 2 nitrogen and oxygen atoms in total.